The standard InChI is InChI=1S/C14H19F2NO/c1-3-18-11(2)9-13(14(15)16)17-10-12-7-5-4-6-8-12/h4-8,13-14,17H,2-3,9-10H2,1H3. The van der Waals surface area contributed by atoms with Gasteiger partial charge in [-0.1, -0.05) is 36.9 Å². The molecule has 0 fully saturated rings. The predicted molar refractivity (Wildman–Crippen MR) is 68.5 cm³/mol. The minimum atomic E-state index is -2.44. The first-order valence-electron chi connectivity index (χ1n) is 5.99. The van der Waals surface area contributed by atoms with Crippen LogP contribution in [-0.4, -0.2) is 19.1 Å². The number of halogens is 2. The number of alkyl halides is 2. The number of hydrogen-bond acceptors (Lipinski definition) is 2. The molecule has 0 saturated heterocycles. The van der Waals surface area contributed by atoms with Gasteiger partial charge in [0.25, 0.3) is 6.43 Å². The Kier molecular flexibility index (Phi) is 6.36. The molecule has 1 aromatic carbocycles. The summed E-state index contributed by atoms with van der Waals surface area (Å²) in [5, 5.41) is 2.83. The lowest BCUT2D eigenvalue weighted by molar-refractivity contribution is 0.0862. The summed E-state index contributed by atoms with van der Waals surface area (Å²) in [6, 6.07) is 8.52. The number of benzene rings is 1. The molecule has 0 saturated carbocycles. The summed E-state index contributed by atoms with van der Waals surface area (Å²) < 4.78 is 30.8. The van der Waals surface area contributed by atoms with Gasteiger partial charge < -0.3 is 10.1 Å². The normalized spacial score (nSPS) is 12.4. The second-order valence-electron chi connectivity index (χ2n) is 3.98. The fourth-order valence-corrected chi connectivity index (χ4v) is 1.60. The summed E-state index contributed by atoms with van der Waals surface area (Å²) >= 11 is 0. The number of ether oxygens (including phenoxy) is 1. The van der Waals surface area contributed by atoms with Crippen LogP contribution < -0.4 is 5.32 Å². The third-order valence-corrected chi connectivity index (χ3v) is 2.51. The molecule has 0 aliphatic heterocycles. The van der Waals surface area contributed by atoms with Gasteiger partial charge in [-0.15, -0.1) is 0 Å². The molecular formula is C14H19F2NO. The molecule has 1 N–H and O–H groups in total. The van der Waals surface area contributed by atoms with Crippen LogP contribution in [0.4, 0.5) is 8.78 Å². The summed E-state index contributed by atoms with van der Waals surface area (Å²) in [5.41, 5.74) is 0.977. The number of hydrogen-bond donors (Lipinski definition) is 1. The van der Waals surface area contributed by atoms with Crippen LogP contribution in [0.25, 0.3) is 0 Å². The molecule has 1 unspecified atom stereocenters. The highest BCUT2D eigenvalue weighted by atomic mass is 19.3. The molecular weight excluding hydrogens is 236 g/mol. The van der Waals surface area contributed by atoms with E-state index in [0.29, 0.717) is 18.9 Å². The molecule has 0 heterocycles. The average molecular weight is 255 g/mol. The predicted octanol–water partition coefficient (Wildman–Crippen LogP) is 3.35. The highest BCUT2D eigenvalue weighted by Gasteiger charge is 2.21. The summed E-state index contributed by atoms with van der Waals surface area (Å²) in [6.07, 6.45) is -2.32. The van der Waals surface area contributed by atoms with Crippen molar-refractivity contribution in [2.24, 2.45) is 0 Å². The van der Waals surface area contributed by atoms with Crippen LogP contribution >= 0.6 is 0 Å². The van der Waals surface area contributed by atoms with Gasteiger partial charge in [-0.3, -0.25) is 0 Å². The van der Waals surface area contributed by atoms with Crippen molar-refractivity contribution in [1.29, 1.82) is 0 Å². The van der Waals surface area contributed by atoms with Crippen LogP contribution in [0.2, 0.25) is 0 Å². The molecule has 0 amide bonds. The first kappa shape index (κ1) is 14.6. The Hall–Kier alpha value is -1.42. The van der Waals surface area contributed by atoms with Gasteiger partial charge in [-0.05, 0) is 12.5 Å². The van der Waals surface area contributed by atoms with Crippen molar-refractivity contribution in [1.82, 2.24) is 5.32 Å². The maximum absolute atomic E-state index is 12.8. The summed E-state index contributed by atoms with van der Waals surface area (Å²) in [7, 11) is 0. The summed E-state index contributed by atoms with van der Waals surface area (Å²) in [6.45, 7) is 6.30. The van der Waals surface area contributed by atoms with Gasteiger partial charge >= 0.3 is 0 Å². The number of rotatable bonds is 8. The molecule has 2 nitrogen and oxygen atoms in total. The lowest BCUT2D eigenvalue weighted by atomic mass is 10.1. The van der Waals surface area contributed by atoms with Crippen molar-refractivity contribution in [3.63, 3.8) is 0 Å². The van der Waals surface area contributed by atoms with Crippen LogP contribution in [0.3, 0.4) is 0 Å². The monoisotopic (exact) mass is 255 g/mol. The second kappa shape index (κ2) is 7.82. The Balaban J connectivity index is 2.46. The van der Waals surface area contributed by atoms with Crippen molar-refractivity contribution in [2.45, 2.75) is 32.4 Å². The minimum absolute atomic E-state index is 0.123. The maximum Gasteiger partial charge on any atom is 0.254 e. The fourth-order valence-electron chi connectivity index (χ4n) is 1.60. The van der Waals surface area contributed by atoms with Crippen molar-refractivity contribution >= 4 is 0 Å². The zero-order valence-electron chi connectivity index (χ0n) is 10.5. The van der Waals surface area contributed by atoms with Crippen molar-refractivity contribution < 1.29 is 13.5 Å². The van der Waals surface area contributed by atoms with E-state index in [2.05, 4.69) is 11.9 Å². The first-order chi connectivity index (χ1) is 8.63. The van der Waals surface area contributed by atoms with E-state index >= 15 is 0 Å². The van der Waals surface area contributed by atoms with Gasteiger partial charge in [0, 0.05) is 13.0 Å². The molecule has 0 spiro atoms. The molecule has 0 bridgehead atoms. The summed E-state index contributed by atoms with van der Waals surface area (Å²) in [4.78, 5) is 0. The molecule has 18 heavy (non-hydrogen) atoms. The molecule has 4 heteroatoms. The van der Waals surface area contributed by atoms with E-state index in [9.17, 15) is 8.78 Å². The van der Waals surface area contributed by atoms with E-state index in [1.807, 2.05) is 30.3 Å². The molecule has 0 radical (unpaired) electrons. The Bertz CT molecular complexity index is 354. The average Bonchev–Trinajstić information content (AvgIpc) is 2.35. The Morgan fingerprint density at radius 1 is 1.33 bits per heavy atom. The van der Waals surface area contributed by atoms with Gasteiger partial charge in [0.05, 0.1) is 18.4 Å². The van der Waals surface area contributed by atoms with E-state index in [4.69, 9.17) is 4.74 Å². The third kappa shape index (κ3) is 5.27. The molecule has 100 valence electrons. The van der Waals surface area contributed by atoms with E-state index < -0.39 is 12.5 Å². The van der Waals surface area contributed by atoms with Gasteiger partial charge in [0.1, 0.15) is 0 Å². The molecule has 0 aromatic heterocycles. The molecule has 1 aromatic rings. The minimum Gasteiger partial charge on any atom is -0.499 e. The van der Waals surface area contributed by atoms with Gasteiger partial charge in [0.15, 0.2) is 0 Å². The van der Waals surface area contributed by atoms with Crippen LogP contribution in [-0.2, 0) is 11.3 Å². The highest BCUT2D eigenvalue weighted by Crippen LogP contribution is 2.13. The highest BCUT2D eigenvalue weighted by molar-refractivity contribution is 5.14. The van der Waals surface area contributed by atoms with Crippen molar-refractivity contribution in [3.8, 4) is 0 Å². The molecule has 1 atom stereocenters. The smallest absolute Gasteiger partial charge is 0.254 e. The van der Waals surface area contributed by atoms with E-state index in [1.54, 1.807) is 6.92 Å². The maximum atomic E-state index is 12.8. The van der Waals surface area contributed by atoms with Crippen LogP contribution in [0, 0.1) is 0 Å². The molecule has 0 aliphatic rings. The lowest BCUT2D eigenvalue weighted by Crippen LogP contribution is -2.35. The van der Waals surface area contributed by atoms with Crippen LogP contribution in [0.15, 0.2) is 42.7 Å². The quantitative estimate of drug-likeness (QED) is 0.719. The Morgan fingerprint density at radius 2 is 2.00 bits per heavy atom. The molecule has 0 aliphatic carbocycles. The van der Waals surface area contributed by atoms with E-state index in [0.717, 1.165) is 5.56 Å². The topological polar surface area (TPSA) is 21.3 Å². The zero-order chi connectivity index (χ0) is 13.4. The van der Waals surface area contributed by atoms with Gasteiger partial charge in [-0.25, -0.2) is 8.78 Å². The SMILES string of the molecule is C=C(CC(NCc1ccccc1)C(F)F)OCC. The van der Waals surface area contributed by atoms with Crippen molar-refractivity contribution in [2.75, 3.05) is 6.61 Å². The summed E-state index contributed by atoms with van der Waals surface area (Å²) in [5.74, 6) is 0.392. The largest absolute Gasteiger partial charge is 0.499 e. The first-order valence-corrected chi connectivity index (χ1v) is 5.99. The van der Waals surface area contributed by atoms with Crippen molar-refractivity contribution in [3.05, 3.63) is 48.2 Å². The third-order valence-electron chi connectivity index (χ3n) is 2.51. The second-order valence-corrected chi connectivity index (χ2v) is 3.98. The van der Waals surface area contributed by atoms with Gasteiger partial charge in [-0.2, -0.15) is 0 Å². The van der Waals surface area contributed by atoms with Crippen LogP contribution in [0.5, 0.6) is 0 Å². The fraction of sp³-hybridized carbons (Fsp3) is 0.429. The lowest BCUT2D eigenvalue weighted by Gasteiger charge is -2.19. The van der Waals surface area contributed by atoms with Crippen LogP contribution in [0.1, 0.15) is 18.9 Å². The van der Waals surface area contributed by atoms with Gasteiger partial charge in [0.2, 0.25) is 0 Å². The Morgan fingerprint density at radius 3 is 2.56 bits per heavy atom. The number of nitrogens with one attached hydrogen (secondary N) is 1. The molecule has 1 rings (SSSR count). The van der Waals surface area contributed by atoms with E-state index in [1.165, 1.54) is 0 Å². The zero-order valence-corrected chi connectivity index (χ0v) is 10.5. The van der Waals surface area contributed by atoms with E-state index in [-0.39, 0.29) is 6.42 Å². The Labute approximate surface area is 107 Å².